The first-order valence-corrected chi connectivity index (χ1v) is 7.71. The Hall–Kier alpha value is -1.87. The molecule has 2 atom stereocenters. The van der Waals surface area contributed by atoms with Crippen molar-refractivity contribution in [1.82, 2.24) is 26.8 Å². The molecule has 2 fully saturated rings. The normalized spacial score (nSPS) is 24.6. The lowest BCUT2D eigenvalue weighted by molar-refractivity contribution is -0.123. The van der Waals surface area contributed by atoms with E-state index in [4.69, 9.17) is 9.47 Å². The molecule has 1 amide bonds. The van der Waals surface area contributed by atoms with Crippen molar-refractivity contribution in [3.05, 3.63) is 23.8 Å². The van der Waals surface area contributed by atoms with Gasteiger partial charge in [-0.15, -0.1) is 0 Å². The number of methoxy groups -OCH3 is 2. The Morgan fingerprint density at radius 3 is 2.57 bits per heavy atom. The van der Waals surface area contributed by atoms with Gasteiger partial charge in [-0.25, -0.2) is 10.9 Å². The van der Waals surface area contributed by atoms with E-state index in [9.17, 15) is 4.79 Å². The molecular weight excluding hydrogens is 298 g/mol. The Balaban J connectivity index is 1.61. The molecule has 2 heterocycles. The molecule has 0 aromatic heterocycles. The average molecular weight is 321 g/mol. The molecule has 0 radical (unpaired) electrons. The van der Waals surface area contributed by atoms with Crippen LogP contribution < -0.4 is 36.3 Å². The fourth-order valence-corrected chi connectivity index (χ4v) is 2.87. The van der Waals surface area contributed by atoms with E-state index in [-0.39, 0.29) is 24.3 Å². The Morgan fingerprint density at radius 1 is 1.13 bits per heavy atom. The van der Waals surface area contributed by atoms with Gasteiger partial charge in [0, 0.05) is 19.1 Å². The minimum absolute atomic E-state index is 0.0348. The molecule has 2 saturated heterocycles. The second-order valence-corrected chi connectivity index (χ2v) is 5.59. The molecule has 2 aliphatic rings. The van der Waals surface area contributed by atoms with Gasteiger partial charge in [0.25, 0.3) is 0 Å². The van der Waals surface area contributed by atoms with Crippen molar-refractivity contribution in [3.8, 4) is 11.5 Å². The fourth-order valence-electron chi connectivity index (χ4n) is 2.87. The van der Waals surface area contributed by atoms with Gasteiger partial charge in [0.05, 0.1) is 14.2 Å². The second kappa shape index (κ2) is 7.14. The quantitative estimate of drug-likeness (QED) is 0.485. The third-order valence-electron chi connectivity index (χ3n) is 4.14. The maximum Gasteiger partial charge on any atom is 0.240 e. The molecule has 1 aromatic rings. The number of hydrogen-bond acceptors (Lipinski definition) is 7. The number of hydrogen-bond donors (Lipinski definition) is 5. The van der Waals surface area contributed by atoms with Crippen LogP contribution in [-0.4, -0.2) is 45.5 Å². The summed E-state index contributed by atoms with van der Waals surface area (Å²) in [4.78, 5) is 12.3. The van der Waals surface area contributed by atoms with Crippen molar-refractivity contribution < 1.29 is 14.3 Å². The van der Waals surface area contributed by atoms with Crippen LogP contribution >= 0.6 is 0 Å². The molecule has 8 nitrogen and oxygen atoms in total. The predicted octanol–water partition coefficient (Wildman–Crippen LogP) is -0.796. The highest BCUT2D eigenvalue weighted by Crippen LogP contribution is 2.32. The van der Waals surface area contributed by atoms with Crippen molar-refractivity contribution in [1.29, 1.82) is 0 Å². The van der Waals surface area contributed by atoms with Crippen LogP contribution in [0.15, 0.2) is 18.2 Å². The molecule has 1 aromatic carbocycles. The van der Waals surface area contributed by atoms with E-state index in [1.54, 1.807) is 14.2 Å². The summed E-state index contributed by atoms with van der Waals surface area (Å²) in [5.41, 5.74) is 7.27. The van der Waals surface area contributed by atoms with Gasteiger partial charge in [-0.05, 0) is 24.1 Å². The molecule has 0 saturated carbocycles. The van der Waals surface area contributed by atoms with Crippen LogP contribution in [0.25, 0.3) is 0 Å². The number of amides is 1. The summed E-state index contributed by atoms with van der Waals surface area (Å²) in [6, 6.07) is 5.53. The maximum absolute atomic E-state index is 12.3. The van der Waals surface area contributed by atoms with E-state index in [0.29, 0.717) is 17.9 Å². The predicted molar refractivity (Wildman–Crippen MR) is 84.9 cm³/mol. The van der Waals surface area contributed by atoms with Crippen molar-refractivity contribution in [2.75, 3.05) is 27.3 Å². The van der Waals surface area contributed by atoms with Gasteiger partial charge in [-0.3, -0.25) is 15.4 Å². The number of carbonyl (C=O) groups is 1. The van der Waals surface area contributed by atoms with E-state index in [1.807, 2.05) is 18.2 Å². The van der Waals surface area contributed by atoms with E-state index in [1.165, 1.54) is 0 Å². The number of benzene rings is 1. The molecule has 5 N–H and O–H groups in total. The highest BCUT2D eigenvalue weighted by molar-refractivity contribution is 5.82. The van der Waals surface area contributed by atoms with Crippen LogP contribution in [-0.2, 0) is 4.79 Å². The zero-order valence-corrected chi connectivity index (χ0v) is 13.3. The van der Waals surface area contributed by atoms with Gasteiger partial charge in [-0.2, -0.15) is 0 Å². The van der Waals surface area contributed by atoms with Crippen LogP contribution in [0, 0.1) is 0 Å². The number of nitrogens with one attached hydrogen (secondary N) is 5. The Morgan fingerprint density at radius 2 is 1.87 bits per heavy atom. The first-order valence-electron chi connectivity index (χ1n) is 7.71. The van der Waals surface area contributed by atoms with Gasteiger partial charge < -0.3 is 14.8 Å². The summed E-state index contributed by atoms with van der Waals surface area (Å²) in [7, 11) is 3.22. The third-order valence-corrected chi connectivity index (χ3v) is 4.14. The van der Waals surface area contributed by atoms with Gasteiger partial charge in [0.1, 0.15) is 12.3 Å². The lowest BCUT2D eigenvalue weighted by atomic mass is 10.0. The first-order chi connectivity index (χ1) is 11.2. The summed E-state index contributed by atoms with van der Waals surface area (Å²) >= 11 is 0. The summed E-state index contributed by atoms with van der Waals surface area (Å²) in [5.74, 6) is 1.33. The highest BCUT2D eigenvalue weighted by Gasteiger charge is 2.31. The van der Waals surface area contributed by atoms with E-state index in [0.717, 1.165) is 18.7 Å². The van der Waals surface area contributed by atoms with Gasteiger partial charge >= 0.3 is 0 Å². The number of carbonyl (C=O) groups excluding carboxylic acids is 1. The van der Waals surface area contributed by atoms with Crippen LogP contribution in [0.2, 0.25) is 0 Å². The van der Waals surface area contributed by atoms with Gasteiger partial charge in [0.2, 0.25) is 5.91 Å². The lowest BCUT2D eigenvalue weighted by Gasteiger charge is -2.16. The SMILES string of the molecule is COc1ccc(C2CC(C(=O)NC3NCCN3)NN2)cc1OC. The van der Waals surface area contributed by atoms with Crippen molar-refractivity contribution >= 4 is 5.91 Å². The monoisotopic (exact) mass is 321 g/mol. The van der Waals surface area contributed by atoms with Gasteiger partial charge in [0.15, 0.2) is 11.5 Å². The zero-order valence-electron chi connectivity index (χ0n) is 13.3. The third kappa shape index (κ3) is 3.56. The summed E-state index contributed by atoms with van der Waals surface area (Å²) in [6.45, 7) is 1.71. The molecule has 23 heavy (non-hydrogen) atoms. The van der Waals surface area contributed by atoms with Crippen molar-refractivity contribution in [2.24, 2.45) is 0 Å². The maximum atomic E-state index is 12.3. The lowest BCUT2D eigenvalue weighted by Crippen LogP contribution is -2.53. The van der Waals surface area contributed by atoms with Crippen LogP contribution in [0.3, 0.4) is 0 Å². The Labute approximate surface area is 135 Å². The first kappa shape index (κ1) is 16.0. The molecule has 0 spiro atoms. The molecule has 2 aliphatic heterocycles. The van der Waals surface area contributed by atoms with E-state index < -0.39 is 0 Å². The van der Waals surface area contributed by atoms with Crippen molar-refractivity contribution in [2.45, 2.75) is 24.8 Å². The molecule has 8 heteroatoms. The minimum Gasteiger partial charge on any atom is -0.493 e. The summed E-state index contributed by atoms with van der Waals surface area (Å²) in [5, 5.41) is 9.25. The van der Waals surface area contributed by atoms with Crippen LogP contribution in [0.1, 0.15) is 18.0 Å². The topological polar surface area (TPSA) is 95.7 Å². The van der Waals surface area contributed by atoms with E-state index in [2.05, 4.69) is 26.8 Å². The molecule has 126 valence electrons. The molecule has 2 unspecified atom stereocenters. The number of hydrazine groups is 1. The van der Waals surface area contributed by atoms with Crippen molar-refractivity contribution in [3.63, 3.8) is 0 Å². The highest BCUT2D eigenvalue weighted by atomic mass is 16.5. The Bertz CT molecular complexity index is 562. The standard InChI is InChI=1S/C15H23N5O3/c1-22-12-4-3-9(7-13(12)23-2)10-8-11(20-19-10)14(21)18-15-16-5-6-17-15/h3-4,7,10-11,15-17,19-20H,5-6,8H2,1-2H3,(H,18,21). The molecule has 3 rings (SSSR count). The fraction of sp³-hybridized carbons (Fsp3) is 0.533. The van der Waals surface area contributed by atoms with E-state index >= 15 is 0 Å². The molecular formula is C15H23N5O3. The van der Waals surface area contributed by atoms with Crippen LogP contribution in [0.5, 0.6) is 11.5 Å². The van der Waals surface area contributed by atoms with Crippen LogP contribution in [0.4, 0.5) is 0 Å². The van der Waals surface area contributed by atoms with Gasteiger partial charge in [-0.1, -0.05) is 6.07 Å². The zero-order chi connectivity index (χ0) is 16.2. The largest absolute Gasteiger partial charge is 0.493 e. The summed E-state index contributed by atoms with van der Waals surface area (Å²) in [6.07, 6.45) is 0.512. The number of ether oxygens (including phenoxy) is 2. The molecule has 0 bridgehead atoms. The second-order valence-electron chi connectivity index (χ2n) is 5.59. The minimum atomic E-state index is -0.280. The Kier molecular flexibility index (Phi) is 4.97. The smallest absolute Gasteiger partial charge is 0.240 e. The molecule has 0 aliphatic carbocycles. The average Bonchev–Trinajstić information content (AvgIpc) is 3.25. The number of rotatable bonds is 5. The summed E-state index contributed by atoms with van der Waals surface area (Å²) < 4.78 is 10.6.